The lowest BCUT2D eigenvalue weighted by atomic mass is 9.78. The molecule has 3 nitrogen and oxygen atoms in total. The molecule has 0 heterocycles. The molecule has 3 unspecified atom stereocenters. The summed E-state index contributed by atoms with van der Waals surface area (Å²) in [5, 5.41) is 9.37. The van der Waals surface area contributed by atoms with E-state index in [9.17, 15) is 14.3 Å². The molecule has 0 aliphatic heterocycles. The molecular formula is C16H22FNO2. The van der Waals surface area contributed by atoms with E-state index >= 15 is 0 Å². The third-order valence-corrected chi connectivity index (χ3v) is 4.31. The van der Waals surface area contributed by atoms with E-state index in [-0.39, 0.29) is 17.8 Å². The van der Waals surface area contributed by atoms with Crippen molar-refractivity contribution in [2.24, 2.45) is 11.8 Å². The van der Waals surface area contributed by atoms with Crippen LogP contribution < -0.4 is 0 Å². The van der Waals surface area contributed by atoms with Crippen molar-refractivity contribution in [3.05, 3.63) is 35.6 Å². The normalized spacial score (nSPS) is 26.7. The van der Waals surface area contributed by atoms with Crippen LogP contribution in [0.5, 0.6) is 0 Å². The number of carboxylic acid groups (broad SMARTS) is 1. The van der Waals surface area contributed by atoms with Crippen molar-refractivity contribution >= 4 is 5.97 Å². The van der Waals surface area contributed by atoms with Gasteiger partial charge in [0.2, 0.25) is 0 Å². The van der Waals surface area contributed by atoms with Crippen LogP contribution in [-0.2, 0) is 11.3 Å². The van der Waals surface area contributed by atoms with Gasteiger partial charge < -0.3 is 5.11 Å². The van der Waals surface area contributed by atoms with Crippen molar-refractivity contribution in [3.8, 4) is 0 Å². The predicted molar refractivity (Wildman–Crippen MR) is 75.8 cm³/mol. The number of carboxylic acids is 1. The van der Waals surface area contributed by atoms with Gasteiger partial charge in [-0.1, -0.05) is 19.1 Å². The van der Waals surface area contributed by atoms with Gasteiger partial charge in [0.25, 0.3) is 0 Å². The first-order chi connectivity index (χ1) is 9.47. The molecule has 1 saturated carbocycles. The highest BCUT2D eigenvalue weighted by molar-refractivity contribution is 5.71. The van der Waals surface area contributed by atoms with Crippen LogP contribution in [0.1, 0.15) is 31.7 Å². The summed E-state index contributed by atoms with van der Waals surface area (Å²) in [6, 6.07) is 6.46. The van der Waals surface area contributed by atoms with Crippen molar-refractivity contribution < 1.29 is 14.3 Å². The Labute approximate surface area is 119 Å². The molecule has 4 heteroatoms. The second-order valence-corrected chi connectivity index (χ2v) is 5.97. The Morgan fingerprint density at radius 1 is 1.35 bits per heavy atom. The summed E-state index contributed by atoms with van der Waals surface area (Å²) in [4.78, 5) is 13.5. The Hall–Kier alpha value is -1.42. The molecule has 0 amide bonds. The average Bonchev–Trinajstić information content (AvgIpc) is 2.41. The molecule has 20 heavy (non-hydrogen) atoms. The van der Waals surface area contributed by atoms with Crippen molar-refractivity contribution in [1.82, 2.24) is 4.90 Å². The summed E-state index contributed by atoms with van der Waals surface area (Å²) in [6.07, 6.45) is 2.64. The van der Waals surface area contributed by atoms with E-state index in [1.54, 1.807) is 12.1 Å². The molecule has 0 radical (unpaired) electrons. The van der Waals surface area contributed by atoms with Gasteiger partial charge in [-0.3, -0.25) is 9.69 Å². The standard InChI is InChI=1S/C16H22FNO2/c1-11-3-8-14(16(19)20)15(9-11)18(2)10-12-4-6-13(17)7-5-12/h4-7,11,14-15H,3,8-10H2,1-2H3,(H,19,20). The zero-order valence-corrected chi connectivity index (χ0v) is 12.1. The molecule has 0 aromatic heterocycles. The Morgan fingerprint density at radius 2 is 2.00 bits per heavy atom. The van der Waals surface area contributed by atoms with Gasteiger partial charge in [0.1, 0.15) is 5.82 Å². The molecule has 1 N–H and O–H groups in total. The van der Waals surface area contributed by atoms with E-state index in [0.717, 1.165) is 24.8 Å². The molecule has 0 bridgehead atoms. The summed E-state index contributed by atoms with van der Waals surface area (Å²) >= 11 is 0. The Bertz CT molecular complexity index is 460. The predicted octanol–water partition coefficient (Wildman–Crippen LogP) is 3.15. The first kappa shape index (κ1) is 15.0. The van der Waals surface area contributed by atoms with Gasteiger partial charge in [0, 0.05) is 12.6 Å². The van der Waals surface area contributed by atoms with Gasteiger partial charge in [-0.05, 0) is 49.9 Å². The maximum atomic E-state index is 12.9. The Balaban J connectivity index is 2.06. The number of nitrogens with zero attached hydrogens (tertiary/aromatic N) is 1. The minimum Gasteiger partial charge on any atom is -0.481 e. The van der Waals surface area contributed by atoms with Crippen LogP contribution in [0.4, 0.5) is 4.39 Å². The van der Waals surface area contributed by atoms with E-state index in [2.05, 4.69) is 11.8 Å². The number of hydrogen-bond donors (Lipinski definition) is 1. The molecule has 0 spiro atoms. The summed E-state index contributed by atoms with van der Waals surface area (Å²) < 4.78 is 12.9. The highest BCUT2D eigenvalue weighted by atomic mass is 19.1. The maximum absolute atomic E-state index is 12.9. The number of aliphatic carboxylic acids is 1. The third-order valence-electron chi connectivity index (χ3n) is 4.31. The molecule has 1 fully saturated rings. The van der Waals surface area contributed by atoms with Crippen molar-refractivity contribution in [2.75, 3.05) is 7.05 Å². The average molecular weight is 279 g/mol. The maximum Gasteiger partial charge on any atom is 0.308 e. The highest BCUT2D eigenvalue weighted by Crippen LogP contribution is 2.32. The van der Waals surface area contributed by atoms with E-state index in [4.69, 9.17) is 0 Å². The lowest BCUT2D eigenvalue weighted by Gasteiger charge is -2.38. The van der Waals surface area contributed by atoms with Crippen molar-refractivity contribution in [1.29, 1.82) is 0 Å². The molecule has 2 rings (SSSR count). The van der Waals surface area contributed by atoms with E-state index in [1.165, 1.54) is 12.1 Å². The zero-order chi connectivity index (χ0) is 14.7. The molecule has 3 atom stereocenters. The number of benzene rings is 1. The number of halogens is 1. The van der Waals surface area contributed by atoms with Crippen LogP contribution in [0.15, 0.2) is 24.3 Å². The van der Waals surface area contributed by atoms with Crippen LogP contribution in [0.2, 0.25) is 0 Å². The lowest BCUT2D eigenvalue weighted by molar-refractivity contribution is -0.146. The smallest absolute Gasteiger partial charge is 0.308 e. The van der Waals surface area contributed by atoms with E-state index in [0.29, 0.717) is 12.5 Å². The first-order valence-corrected chi connectivity index (χ1v) is 7.15. The molecule has 1 aromatic rings. The highest BCUT2D eigenvalue weighted by Gasteiger charge is 2.35. The molecule has 110 valence electrons. The fourth-order valence-electron chi connectivity index (χ4n) is 3.12. The van der Waals surface area contributed by atoms with Crippen molar-refractivity contribution in [3.63, 3.8) is 0 Å². The van der Waals surface area contributed by atoms with Crippen molar-refractivity contribution in [2.45, 2.75) is 38.8 Å². The lowest BCUT2D eigenvalue weighted by Crippen LogP contribution is -2.44. The topological polar surface area (TPSA) is 40.5 Å². The van der Waals surface area contributed by atoms with Crippen LogP contribution in [0.25, 0.3) is 0 Å². The Morgan fingerprint density at radius 3 is 2.60 bits per heavy atom. The Kier molecular flexibility index (Phi) is 4.76. The second kappa shape index (κ2) is 6.35. The summed E-state index contributed by atoms with van der Waals surface area (Å²) in [6.45, 7) is 2.83. The number of hydrogen-bond acceptors (Lipinski definition) is 2. The minimum absolute atomic E-state index is 0.0568. The SMILES string of the molecule is CC1CCC(C(=O)O)C(N(C)Cc2ccc(F)cc2)C1. The molecule has 0 saturated heterocycles. The summed E-state index contributed by atoms with van der Waals surface area (Å²) in [5.74, 6) is -0.679. The van der Waals surface area contributed by atoms with Gasteiger partial charge in [-0.15, -0.1) is 0 Å². The molecular weight excluding hydrogens is 257 g/mol. The quantitative estimate of drug-likeness (QED) is 0.920. The molecule has 1 aromatic carbocycles. The third kappa shape index (κ3) is 3.57. The van der Waals surface area contributed by atoms with Gasteiger partial charge >= 0.3 is 5.97 Å². The second-order valence-electron chi connectivity index (χ2n) is 5.97. The molecule has 1 aliphatic rings. The van der Waals surface area contributed by atoms with E-state index in [1.807, 2.05) is 7.05 Å². The fourth-order valence-corrected chi connectivity index (χ4v) is 3.12. The number of carbonyl (C=O) groups is 1. The van der Waals surface area contributed by atoms with Gasteiger partial charge in [0.15, 0.2) is 0 Å². The summed E-state index contributed by atoms with van der Waals surface area (Å²) in [7, 11) is 1.96. The minimum atomic E-state index is -0.701. The van der Waals surface area contributed by atoms with Crippen LogP contribution in [0, 0.1) is 17.7 Å². The zero-order valence-electron chi connectivity index (χ0n) is 12.1. The van der Waals surface area contributed by atoms with Gasteiger partial charge in [0.05, 0.1) is 5.92 Å². The van der Waals surface area contributed by atoms with Crippen LogP contribution in [0.3, 0.4) is 0 Å². The number of rotatable bonds is 4. The van der Waals surface area contributed by atoms with Crippen LogP contribution >= 0.6 is 0 Å². The van der Waals surface area contributed by atoms with E-state index < -0.39 is 5.97 Å². The van der Waals surface area contributed by atoms with Gasteiger partial charge in [-0.2, -0.15) is 0 Å². The largest absolute Gasteiger partial charge is 0.481 e. The van der Waals surface area contributed by atoms with Crippen LogP contribution in [-0.4, -0.2) is 29.1 Å². The van der Waals surface area contributed by atoms with Gasteiger partial charge in [-0.25, -0.2) is 4.39 Å². The summed E-state index contributed by atoms with van der Waals surface area (Å²) in [5.41, 5.74) is 1.01. The first-order valence-electron chi connectivity index (χ1n) is 7.15. The molecule has 1 aliphatic carbocycles. The fraction of sp³-hybridized carbons (Fsp3) is 0.562. The monoisotopic (exact) mass is 279 g/mol.